The zero-order chi connectivity index (χ0) is 19.0. The van der Waals surface area contributed by atoms with Gasteiger partial charge in [0.05, 0.1) is 0 Å². The first-order valence-corrected chi connectivity index (χ1v) is 8.32. The van der Waals surface area contributed by atoms with E-state index < -0.39 is 17.9 Å². The average Bonchev–Trinajstić information content (AvgIpc) is 3.23. The van der Waals surface area contributed by atoms with Gasteiger partial charge in [0.2, 0.25) is 11.8 Å². The molecule has 1 aliphatic rings. The normalized spacial score (nSPS) is 17.0. The number of aromatic nitrogens is 2. The largest absolute Gasteiger partial charge is 0.419 e. The van der Waals surface area contributed by atoms with Gasteiger partial charge in [-0.15, -0.1) is 10.2 Å². The van der Waals surface area contributed by atoms with Gasteiger partial charge >= 0.3 is 6.03 Å². The third kappa shape index (κ3) is 3.05. The lowest BCUT2D eigenvalue weighted by Crippen LogP contribution is -2.33. The van der Waals surface area contributed by atoms with Gasteiger partial charge in [-0.05, 0) is 43.3 Å². The topological polar surface area (TPSA) is 79.5 Å². The molecule has 7 nitrogen and oxygen atoms in total. The van der Waals surface area contributed by atoms with Gasteiger partial charge in [-0.3, -0.25) is 14.6 Å². The summed E-state index contributed by atoms with van der Waals surface area (Å²) in [6.45, 7) is 1.49. The number of benzene rings is 2. The fourth-order valence-electron chi connectivity index (χ4n) is 2.96. The number of carbonyl (C=O) groups is 2. The van der Waals surface area contributed by atoms with E-state index in [1.165, 1.54) is 29.2 Å². The maximum absolute atomic E-state index is 13.1. The third-order valence-corrected chi connectivity index (χ3v) is 4.33. The number of amides is 3. The van der Waals surface area contributed by atoms with E-state index in [1.54, 1.807) is 6.92 Å². The number of halogens is 1. The Balaban J connectivity index is 1.56. The van der Waals surface area contributed by atoms with Gasteiger partial charge in [0.25, 0.3) is 5.91 Å². The molecule has 2 aromatic carbocycles. The van der Waals surface area contributed by atoms with Crippen LogP contribution in [0, 0.1) is 5.82 Å². The number of hydrogen-bond acceptors (Lipinski definition) is 5. The highest BCUT2D eigenvalue weighted by molar-refractivity contribution is 6.13. The van der Waals surface area contributed by atoms with Crippen LogP contribution in [0.15, 0.2) is 59.0 Å². The van der Waals surface area contributed by atoms with Crippen molar-refractivity contribution in [3.05, 3.63) is 66.3 Å². The van der Waals surface area contributed by atoms with E-state index in [0.29, 0.717) is 11.6 Å². The minimum Gasteiger partial charge on any atom is -0.419 e. The smallest absolute Gasteiger partial charge is 0.332 e. The Hall–Kier alpha value is -3.55. The standard InChI is InChI=1S/C19H15FN4O3/c1-12-18(25)23(19(26)24(12)15-9-7-14(20)8-10-15)11-16-21-22-17(27-16)13-5-3-2-4-6-13/h2-10,12H,11H2,1H3. The van der Waals surface area contributed by atoms with E-state index in [4.69, 9.17) is 4.42 Å². The molecule has 8 heteroatoms. The van der Waals surface area contributed by atoms with Crippen molar-refractivity contribution in [2.24, 2.45) is 0 Å². The van der Waals surface area contributed by atoms with Crippen LogP contribution in [0.2, 0.25) is 0 Å². The SMILES string of the molecule is CC1C(=O)N(Cc2nnc(-c3ccccc3)o2)C(=O)N1c1ccc(F)cc1. The molecule has 0 radical (unpaired) electrons. The molecule has 1 aliphatic heterocycles. The van der Waals surface area contributed by atoms with Crippen LogP contribution in [0.3, 0.4) is 0 Å². The molecule has 0 saturated carbocycles. The molecule has 3 aromatic rings. The number of imide groups is 1. The van der Waals surface area contributed by atoms with Crippen molar-refractivity contribution >= 4 is 17.6 Å². The minimum absolute atomic E-state index is 0.125. The van der Waals surface area contributed by atoms with Crippen LogP contribution in [0.1, 0.15) is 12.8 Å². The van der Waals surface area contributed by atoms with Crippen molar-refractivity contribution in [1.29, 1.82) is 0 Å². The predicted octanol–water partition coefficient (Wildman–Crippen LogP) is 3.23. The summed E-state index contributed by atoms with van der Waals surface area (Å²) in [4.78, 5) is 27.7. The van der Waals surface area contributed by atoms with E-state index in [0.717, 1.165) is 10.5 Å². The zero-order valence-electron chi connectivity index (χ0n) is 14.4. The summed E-state index contributed by atoms with van der Waals surface area (Å²) in [6, 6.07) is 13.4. The maximum atomic E-state index is 13.1. The highest BCUT2D eigenvalue weighted by atomic mass is 19.1. The van der Waals surface area contributed by atoms with Crippen LogP contribution in [0.4, 0.5) is 14.9 Å². The number of anilines is 1. The van der Waals surface area contributed by atoms with Gasteiger partial charge in [-0.1, -0.05) is 18.2 Å². The summed E-state index contributed by atoms with van der Waals surface area (Å²) in [5, 5.41) is 7.89. The second-order valence-corrected chi connectivity index (χ2v) is 6.10. The molecule has 27 heavy (non-hydrogen) atoms. The Kier molecular flexibility index (Phi) is 4.15. The van der Waals surface area contributed by atoms with E-state index >= 15 is 0 Å². The molecule has 0 bridgehead atoms. The fourth-order valence-corrected chi connectivity index (χ4v) is 2.96. The summed E-state index contributed by atoms with van der Waals surface area (Å²) in [5.74, 6) is -0.332. The van der Waals surface area contributed by atoms with Gasteiger partial charge < -0.3 is 4.42 Å². The number of urea groups is 1. The Labute approximate surface area is 154 Å². The second kappa shape index (κ2) is 6.64. The average molecular weight is 366 g/mol. The molecule has 0 spiro atoms. The van der Waals surface area contributed by atoms with Crippen molar-refractivity contribution in [3.63, 3.8) is 0 Å². The first-order valence-electron chi connectivity index (χ1n) is 8.32. The van der Waals surface area contributed by atoms with E-state index in [-0.39, 0.29) is 18.3 Å². The summed E-state index contributed by atoms with van der Waals surface area (Å²) in [5.41, 5.74) is 1.19. The summed E-state index contributed by atoms with van der Waals surface area (Å²) < 4.78 is 18.7. The van der Waals surface area contributed by atoms with E-state index in [9.17, 15) is 14.0 Å². The molecule has 0 aliphatic carbocycles. The lowest BCUT2D eigenvalue weighted by molar-refractivity contribution is -0.127. The van der Waals surface area contributed by atoms with Crippen LogP contribution in [-0.2, 0) is 11.3 Å². The molecule has 136 valence electrons. The molecule has 4 rings (SSSR count). The summed E-state index contributed by atoms with van der Waals surface area (Å²) in [6.07, 6.45) is 0. The molecule has 2 heterocycles. The van der Waals surface area contributed by atoms with Crippen molar-refractivity contribution < 1.29 is 18.4 Å². The number of rotatable bonds is 4. The number of nitrogens with zero attached hydrogens (tertiary/aromatic N) is 4. The Morgan fingerprint density at radius 1 is 1.04 bits per heavy atom. The lowest BCUT2D eigenvalue weighted by atomic mass is 10.2. The quantitative estimate of drug-likeness (QED) is 0.663. The van der Waals surface area contributed by atoms with Gasteiger partial charge in [0.15, 0.2) is 0 Å². The van der Waals surface area contributed by atoms with Crippen LogP contribution in [0.25, 0.3) is 11.5 Å². The second-order valence-electron chi connectivity index (χ2n) is 6.10. The molecule has 0 N–H and O–H groups in total. The third-order valence-electron chi connectivity index (χ3n) is 4.33. The molecule has 1 unspecified atom stereocenters. The summed E-state index contributed by atoms with van der Waals surface area (Å²) in [7, 11) is 0. The number of hydrogen-bond donors (Lipinski definition) is 0. The first kappa shape index (κ1) is 16.9. The molecule has 1 aromatic heterocycles. The molecule has 1 fully saturated rings. The van der Waals surface area contributed by atoms with Crippen LogP contribution < -0.4 is 4.90 Å². The molecule has 1 atom stereocenters. The van der Waals surface area contributed by atoms with Crippen molar-refractivity contribution in [2.75, 3.05) is 4.90 Å². The Bertz CT molecular complexity index is 988. The Morgan fingerprint density at radius 2 is 1.74 bits per heavy atom. The van der Waals surface area contributed by atoms with Crippen LogP contribution >= 0.6 is 0 Å². The van der Waals surface area contributed by atoms with Crippen LogP contribution in [-0.4, -0.2) is 33.1 Å². The predicted molar refractivity (Wildman–Crippen MR) is 94.0 cm³/mol. The molecular formula is C19H15FN4O3. The fraction of sp³-hybridized carbons (Fsp3) is 0.158. The van der Waals surface area contributed by atoms with Crippen molar-refractivity contribution in [1.82, 2.24) is 15.1 Å². The van der Waals surface area contributed by atoms with Crippen LogP contribution in [0.5, 0.6) is 0 Å². The highest BCUT2D eigenvalue weighted by Gasteiger charge is 2.44. The van der Waals surface area contributed by atoms with Crippen molar-refractivity contribution in [2.45, 2.75) is 19.5 Å². The minimum atomic E-state index is -0.709. The van der Waals surface area contributed by atoms with Crippen molar-refractivity contribution in [3.8, 4) is 11.5 Å². The lowest BCUT2D eigenvalue weighted by Gasteiger charge is -2.19. The van der Waals surface area contributed by atoms with Gasteiger partial charge in [-0.25, -0.2) is 9.18 Å². The van der Waals surface area contributed by atoms with Gasteiger partial charge in [0, 0.05) is 11.3 Å². The first-order chi connectivity index (χ1) is 13.0. The molecule has 1 saturated heterocycles. The van der Waals surface area contributed by atoms with Gasteiger partial charge in [-0.2, -0.15) is 0 Å². The molecular weight excluding hydrogens is 351 g/mol. The Morgan fingerprint density at radius 3 is 2.44 bits per heavy atom. The monoisotopic (exact) mass is 366 g/mol. The summed E-state index contributed by atoms with van der Waals surface area (Å²) >= 11 is 0. The highest BCUT2D eigenvalue weighted by Crippen LogP contribution is 2.27. The van der Waals surface area contributed by atoms with Gasteiger partial charge in [0.1, 0.15) is 18.4 Å². The number of carbonyl (C=O) groups excluding carboxylic acids is 2. The molecule has 3 amide bonds. The van der Waals surface area contributed by atoms with E-state index in [1.807, 2.05) is 30.3 Å². The maximum Gasteiger partial charge on any atom is 0.332 e. The zero-order valence-corrected chi connectivity index (χ0v) is 14.4. The van der Waals surface area contributed by atoms with E-state index in [2.05, 4.69) is 10.2 Å².